The third-order valence-corrected chi connectivity index (χ3v) is 6.20. The Labute approximate surface area is 176 Å². The Balaban J connectivity index is 1.29. The summed E-state index contributed by atoms with van der Waals surface area (Å²) in [6, 6.07) is 12.6. The molecule has 9 heteroatoms. The Bertz CT molecular complexity index is 1200. The van der Waals surface area contributed by atoms with E-state index in [0.29, 0.717) is 23.0 Å². The molecule has 1 N–H and O–H groups in total. The van der Waals surface area contributed by atoms with Crippen LogP contribution < -0.4 is 5.32 Å². The number of carbonyl (C=O) groups excluding carboxylic acids is 2. The molecule has 0 aliphatic carbocycles. The number of likely N-dealkylation sites (tertiary alicyclic amines) is 1. The van der Waals surface area contributed by atoms with Gasteiger partial charge in [0.15, 0.2) is 11.4 Å². The minimum absolute atomic E-state index is 0.0305. The standard InChI is InChI=1S/C21H19N5O3S/c27-20(15-6-4-12-29-15)22-18-9-8-16(30-18)21(28)25-10-3-5-14(13-25)19-24-23-17-7-1-2-11-26(17)19/h1-2,4,6-9,11-12,14H,3,5,10,13H2,(H,22,27)/t14-/m1/s1. The summed E-state index contributed by atoms with van der Waals surface area (Å²) in [7, 11) is 0. The molecule has 1 saturated heterocycles. The number of carbonyl (C=O) groups is 2. The Morgan fingerprint density at radius 2 is 2.07 bits per heavy atom. The molecule has 0 saturated carbocycles. The van der Waals surface area contributed by atoms with E-state index < -0.39 is 0 Å². The van der Waals surface area contributed by atoms with Gasteiger partial charge in [0, 0.05) is 25.2 Å². The first-order chi connectivity index (χ1) is 14.7. The lowest BCUT2D eigenvalue weighted by molar-refractivity contribution is 0.0709. The van der Waals surface area contributed by atoms with Crippen molar-refractivity contribution in [1.29, 1.82) is 0 Å². The number of hydrogen-bond acceptors (Lipinski definition) is 6. The molecule has 152 valence electrons. The fourth-order valence-electron chi connectivity index (χ4n) is 3.77. The zero-order valence-corrected chi connectivity index (χ0v) is 16.8. The van der Waals surface area contributed by atoms with Crippen molar-refractivity contribution in [3.05, 3.63) is 71.4 Å². The maximum absolute atomic E-state index is 13.1. The van der Waals surface area contributed by atoms with E-state index in [1.807, 2.05) is 33.7 Å². The zero-order chi connectivity index (χ0) is 20.5. The summed E-state index contributed by atoms with van der Waals surface area (Å²) in [5, 5.41) is 12.0. The van der Waals surface area contributed by atoms with Crippen LogP contribution in [-0.2, 0) is 0 Å². The Morgan fingerprint density at radius 3 is 2.93 bits per heavy atom. The average Bonchev–Trinajstić information content (AvgIpc) is 3.53. The molecular formula is C21H19N5O3S. The maximum atomic E-state index is 13.1. The monoisotopic (exact) mass is 421 g/mol. The van der Waals surface area contributed by atoms with Gasteiger partial charge in [-0.25, -0.2) is 0 Å². The van der Waals surface area contributed by atoms with Crippen molar-refractivity contribution in [2.75, 3.05) is 18.4 Å². The molecule has 4 aromatic rings. The Kier molecular flexibility index (Phi) is 4.80. The second-order valence-corrected chi connectivity index (χ2v) is 8.26. The largest absolute Gasteiger partial charge is 0.459 e. The molecule has 5 rings (SSSR count). The Hall–Kier alpha value is -3.46. The molecule has 0 unspecified atom stereocenters. The van der Waals surface area contributed by atoms with Crippen molar-refractivity contribution >= 4 is 33.8 Å². The van der Waals surface area contributed by atoms with E-state index in [1.54, 1.807) is 24.3 Å². The lowest BCUT2D eigenvalue weighted by atomic mass is 9.97. The first-order valence-electron chi connectivity index (χ1n) is 9.72. The first-order valence-corrected chi connectivity index (χ1v) is 10.5. The van der Waals surface area contributed by atoms with Gasteiger partial charge in [-0.2, -0.15) is 0 Å². The van der Waals surface area contributed by atoms with Crippen molar-refractivity contribution in [3.63, 3.8) is 0 Å². The summed E-state index contributed by atoms with van der Waals surface area (Å²) < 4.78 is 7.09. The molecule has 0 aromatic carbocycles. The van der Waals surface area contributed by atoms with Gasteiger partial charge in [0.1, 0.15) is 5.82 Å². The highest BCUT2D eigenvalue weighted by Crippen LogP contribution is 2.29. The highest BCUT2D eigenvalue weighted by Gasteiger charge is 2.29. The van der Waals surface area contributed by atoms with E-state index in [-0.39, 0.29) is 23.5 Å². The quantitative estimate of drug-likeness (QED) is 0.543. The summed E-state index contributed by atoms with van der Waals surface area (Å²) in [4.78, 5) is 27.7. The molecule has 1 aliphatic rings. The van der Waals surface area contributed by atoms with Crippen LogP contribution in [0, 0.1) is 0 Å². The van der Waals surface area contributed by atoms with E-state index in [9.17, 15) is 9.59 Å². The van der Waals surface area contributed by atoms with Crippen molar-refractivity contribution in [3.8, 4) is 0 Å². The number of nitrogens with zero attached hydrogens (tertiary/aromatic N) is 4. The number of aromatic nitrogens is 3. The van der Waals surface area contributed by atoms with Gasteiger partial charge in [0.2, 0.25) is 0 Å². The molecule has 2 amide bonds. The van der Waals surface area contributed by atoms with E-state index in [1.165, 1.54) is 17.6 Å². The van der Waals surface area contributed by atoms with Crippen LogP contribution in [0.5, 0.6) is 0 Å². The third kappa shape index (κ3) is 3.48. The van der Waals surface area contributed by atoms with Gasteiger partial charge in [0.05, 0.1) is 16.1 Å². The fourth-order valence-corrected chi connectivity index (χ4v) is 4.64. The van der Waals surface area contributed by atoms with Crippen LogP contribution in [0.3, 0.4) is 0 Å². The van der Waals surface area contributed by atoms with E-state index in [0.717, 1.165) is 24.3 Å². The summed E-state index contributed by atoms with van der Waals surface area (Å²) in [5.74, 6) is 0.893. The van der Waals surface area contributed by atoms with Gasteiger partial charge in [-0.05, 0) is 49.2 Å². The average molecular weight is 421 g/mol. The SMILES string of the molecule is O=C(Nc1ccc(C(=O)N2CCC[C@@H](c3nnc4ccccn34)C2)s1)c1ccco1. The lowest BCUT2D eigenvalue weighted by Gasteiger charge is -2.31. The third-order valence-electron chi connectivity index (χ3n) is 5.21. The highest BCUT2D eigenvalue weighted by molar-refractivity contribution is 7.18. The summed E-state index contributed by atoms with van der Waals surface area (Å²) >= 11 is 1.26. The predicted molar refractivity (Wildman–Crippen MR) is 112 cm³/mol. The number of amides is 2. The number of anilines is 1. The van der Waals surface area contributed by atoms with Gasteiger partial charge in [0.25, 0.3) is 11.8 Å². The maximum Gasteiger partial charge on any atom is 0.291 e. The van der Waals surface area contributed by atoms with Crippen LogP contribution in [0.1, 0.15) is 44.8 Å². The molecule has 1 aliphatic heterocycles. The fraction of sp³-hybridized carbons (Fsp3) is 0.238. The smallest absolute Gasteiger partial charge is 0.291 e. The molecule has 4 aromatic heterocycles. The second kappa shape index (κ2) is 7.75. The number of fused-ring (bicyclic) bond motifs is 1. The molecule has 5 heterocycles. The number of piperidine rings is 1. The van der Waals surface area contributed by atoms with E-state index in [4.69, 9.17) is 4.42 Å². The lowest BCUT2D eigenvalue weighted by Crippen LogP contribution is -2.39. The number of thiophene rings is 1. The van der Waals surface area contributed by atoms with E-state index in [2.05, 4.69) is 15.5 Å². The molecule has 0 bridgehead atoms. The molecule has 0 radical (unpaired) electrons. The first kappa shape index (κ1) is 18.6. The molecular weight excluding hydrogens is 402 g/mol. The summed E-state index contributed by atoms with van der Waals surface area (Å²) in [6.07, 6.45) is 5.28. The number of rotatable bonds is 4. The molecule has 0 spiro atoms. The number of hydrogen-bond donors (Lipinski definition) is 1. The van der Waals surface area contributed by atoms with Crippen LogP contribution in [0.4, 0.5) is 5.00 Å². The Morgan fingerprint density at radius 1 is 1.13 bits per heavy atom. The second-order valence-electron chi connectivity index (χ2n) is 7.17. The van der Waals surface area contributed by atoms with Gasteiger partial charge in [-0.3, -0.25) is 14.0 Å². The minimum atomic E-state index is -0.336. The topological polar surface area (TPSA) is 92.7 Å². The molecule has 1 atom stereocenters. The van der Waals surface area contributed by atoms with Gasteiger partial charge in [-0.15, -0.1) is 21.5 Å². The van der Waals surface area contributed by atoms with Crippen LogP contribution in [-0.4, -0.2) is 44.4 Å². The predicted octanol–water partition coefficient (Wildman–Crippen LogP) is 3.66. The summed E-state index contributed by atoms with van der Waals surface area (Å²) in [5.41, 5.74) is 0.811. The van der Waals surface area contributed by atoms with Crippen LogP contribution >= 0.6 is 11.3 Å². The highest BCUT2D eigenvalue weighted by atomic mass is 32.1. The minimum Gasteiger partial charge on any atom is -0.459 e. The van der Waals surface area contributed by atoms with Gasteiger partial charge in [-0.1, -0.05) is 6.07 Å². The van der Waals surface area contributed by atoms with Crippen LogP contribution in [0.25, 0.3) is 5.65 Å². The van der Waals surface area contributed by atoms with E-state index >= 15 is 0 Å². The van der Waals surface area contributed by atoms with Crippen LogP contribution in [0.15, 0.2) is 59.3 Å². The normalized spacial score (nSPS) is 16.7. The van der Waals surface area contributed by atoms with Crippen molar-refractivity contribution in [2.24, 2.45) is 0 Å². The van der Waals surface area contributed by atoms with Crippen molar-refractivity contribution < 1.29 is 14.0 Å². The van der Waals surface area contributed by atoms with Gasteiger partial charge >= 0.3 is 0 Å². The zero-order valence-electron chi connectivity index (χ0n) is 16.0. The summed E-state index contributed by atoms with van der Waals surface area (Å²) in [6.45, 7) is 1.30. The number of furan rings is 1. The van der Waals surface area contributed by atoms with Crippen molar-refractivity contribution in [2.45, 2.75) is 18.8 Å². The molecule has 8 nitrogen and oxygen atoms in total. The number of nitrogens with one attached hydrogen (secondary N) is 1. The van der Waals surface area contributed by atoms with Gasteiger partial charge < -0.3 is 14.6 Å². The van der Waals surface area contributed by atoms with Crippen LogP contribution in [0.2, 0.25) is 0 Å². The van der Waals surface area contributed by atoms with Crippen molar-refractivity contribution in [1.82, 2.24) is 19.5 Å². The number of pyridine rings is 1. The molecule has 1 fully saturated rings. The molecule has 30 heavy (non-hydrogen) atoms.